The lowest BCUT2D eigenvalue weighted by Gasteiger charge is -2.10. The van der Waals surface area contributed by atoms with Gasteiger partial charge in [-0.25, -0.2) is 0 Å². The molecule has 0 unspecified atom stereocenters. The van der Waals surface area contributed by atoms with Crippen LogP contribution in [-0.4, -0.2) is 18.2 Å². The minimum atomic E-state index is -4.62. The van der Waals surface area contributed by atoms with Crippen molar-refractivity contribution in [2.75, 3.05) is 7.11 Å². The Hall–Kier alpha value is -2.05. The van der Waals surface area contributed by atoms with Crippen LogP contribution in [0.2, 0.25) is 0 Å². The molecule has 0 saturated carbocycles. The van der Waals surface area contributed by atoms with Gasteiger partial charge in [0, 0.05) is 6.07 Å². The summed E-state index contributed by atoms with van der Waals surface area (Å²) in [7, 11) is 1.20. The van der Waals surface area contributed by atoms with E-state index in [-0.39, 0.29) is 11.3 Å². The van der Waals surface area contributed by atoms with E-state index in [9.17, 15) is 23.3 Å². The highest BCUT2D eigenvalue weighted by atomic mass is 19.4. The number of ether oxygens (including phenoxy) is 1. The molecule has 1 aromatic rings. The maximum Gasteiger partial charge on any atom is 0.416 e. The number of halogens is 3. The molecule has 0 heterocycles. The van der Waals surface area contributed by atoms with Gasteiger partial charge >= 0.3 is 11.9 Å². The van der Waals surface area contributed by atoms with Gasteiger partial charge in [0.1, 0.15) is 0 Å². The van der Waals surface area contributed by atoms with Crippen LogP contribution in [0.3, 0.4) is 0 Å². The Morgan fingerprint density at radius 3 is 2.47 bits per heavy atom. The number of allylic oxidation sites excluding steroid dienone is 1. The van der Waals surface area contributed by atoms with Crippen LogP contribution in [0, 0.1) is 10.1 Å². The van der Waals surface area contributed by atoms with Crippen molar-refractivity contribution >= 4 is 11.3 Å². The summed E-state index contributed by atoms with van der Waals surface area (Å²) in [6.45, 7) is 2.86. The second-order valence-corrected chi connectivity index (χ2v) is 3.12. The van der Waals surface area contributed by atoms with Crippen LogP contribution in [-0.2, 0) is 0 Å². The molecule has 0 aliphatic rings. The van der Waals surface area contributed by atoms with Gasteiger partial charge in [-0.2, -0.15) is 13.2 Å². The van der Waals surface area contributed by atoms with Crippen molar-refractivity contribution in [1.29, 1.82) is 0 Å². The quantitative estimate of drug-likeness (QED) is 0.608. The molecule has 0 saturated heterocycles. The van der Waals surface area contributed by atoms with Crippen molar-refractivity contribution < 1.29 is 22.8 Å². The van der Waals surface area contributed by atoms with Gasteiger partial charge in [-0.05, 0) is 11.6 Å². The van der Waals surface area contributed by atoms with Gasteiger partial charge in [0.05, 0.1) is 17.6 Å². The zero-order valence-corrected chi connectivity index (χ0v) is 8.75. The second-order valence-electron chi connectivity index (χ2n) is 3.12. The van der Waals surface area contributed by atoms with E-state index in [1.54, 1.807) is 0 Å². The van der Waals surface area contributed by atoms with Gasteiger partial charge in [0.15, 0.2) is 5.75 Å². The van der Waals surface area contributed by atoms with E-state index in [0.29, 0.717) is 0 Å². The topological polar surface area (TPSA) is 52.4 Å². The van der Waals surface area contributed by atoms with Gasteiger partial charge in [0.25, 0.3) is 0 Å². The summed E-state index contributed by atoms with van der Waals surface area (Å²) in [6.07, 6.45) is -4.62. The molecule has 17 heavy (non-hydrogen) atoms. The zero-order chi connectivity index (χ0) is 13.2. The molecule has 0 spiro atoms. The highest BCUT2D eigenvalue weighted by molar-refractivity contribution is 5.70. The van der Waals surface area contributed by atoms with E-state index in [4.69, 9.17) is 0 Å². The van der Waals surface area contributed by atoms with E-state index >= 15 is 0 Å². The molecule has 0 bridgehead atoms. The molecular formula is C10H8F3NO3. The standard InChI is InChI=1S/C10H8F3NO3/c1-6(10(11,12)13)7-3-4-9(17-2)8(5-7)14(15)16/h3-5H,1H2,2H3. The predicted octanol–water partition coefficient (Wildman–Crippen LogP) is 3.18. The summed E-state index contributed by atoms with van der Waals surface area (Å²) < 4.78 is 41.7. The number of nitrogens with zero attached hydrogens (tertiary/aromatic N) is 1. The van der Waals surface area contributed by atoms with Gasteiger partial charge in [-0.3, -0.25) is 10.1 Å². The molecule has 0 aromatic heterocycles. The first kappa shape index (κ1) is 13.0. The number of benzene rings is 1. The SMILES string of the molecule is C=C(c1ccc(OC)c([N+](=O)[O-])c1)C(F)(F)F. The van der Waals surface area contributed by atoms with E-state index in [1.807, 2.05) is 0 Å². The highest BCUT2D eigenvalue weighted by Crippen LogP contribution is 2.36. The van der Waals surface area contributed by atoms with Crippen molar-refractivity contribution in [2.45, 2.75) is 6.18 Å². The Morgan fingerprint density at radius 1 is 1.47 bits per heavy atom. The monoisotopic (exact) mass is 247 g/mol. The van der Waals surface area contributed by atoms with E-state index in [0.717, 1.165) is 18.2 Å². The molecule has 7 heteroatoms. The fraction of sp³-hybridized carbons (Fsp3) is 0.200. The molecule has 0 N–H and O–H groups in total. The summed E-state index contributed by atoms with van der Waals surface area (Å²) >= 11 is 0. The van der Waals surface area contributed by atoms with Crippen molar-refractivity contribution in [3.63, 3.8) is 0 Å². The third-order valence-corrected chi connectivity index (χ3v) is 2.07. The van der Waals surface area contributed by atoms with Crippen LogP contribution in [0.25, 0.3) is 5.57 Å². The van der Waals surface area contributed by atoms with Crippen LogP contribution >= 0.6 is 0 Å². The molecule has 0 amide bonds. The third-order valence-electron chi connectivity index (χ3n) is 2.07. The van der Waals surface area contributed by atoms with Crippen LogP contribution in [0.4, 0.5) is 18.9 Å². The first-order chi connectivity index (χ1) is 7.77. The molecule has 1 rings (SSSR count). The predicted molar refractivity (Wildman–Crippen MR) is 54.7 cm³/mol. The van der Waals surface area contributed by atoms with Crippen molar-refractivity contribution in [1.82, 2.24) is 0 Å². The summed E-state index contributed by atoms with van der Waals surface area (Å²) in [5.74, 6) is -0.103. The molecular weight excluding hydrogens is 239 g/mol. The largest absolute Gasteiger partial charge is 0.490 e. The third kappa shape index (κ3) is 2.74. The Kier molecular flexibility index (Phi) is 3.40. The second kappa shape index (κ2) is 4.44. The first-order valence-corrected chi connectivity index (χ1v) is 4.36. The molecule has 92 valence electrons. The maximum atomic E-state index is 12.3. The first-order valence-electron chi connectivity index (χ1n) is 4.36. The minimum absolute atomic E-state index is 0.103. The Balaban J connectivity index is 3.26. The number of nitro benzene ring substituents is 1. The zero-order valence-electron chi connectivity index (χ0n) is 8.75. The van der Waals surface area contributed by atoms with Crippen LogP contribution in [0.1, 0.15) is 5.56 Å². The summed E-state index contributed by atoms with van der Waals surface area (Å²) in [4.78, 5) is 9.81. The van der Waals surface area contributed by atoms with E-state index < -0.39 is 22.4 Å². The molecule has 0 radical (unpaired) electrons. The molecule has 4 nitrogen and oxygen atoms in total. The van der Waals surface area contributed by atoms with Crippen molar-refractivity contribution in [3.05, 3.63) is 40.5 Å². The molecule has 1 aromatic carbocycles. The van der Waals surface area contributed by atoms with Crippen LogP contribution < -0.4 is 4.74 Å². The lowest BCUT2D eigenvalue weighted by atomic mass is 10.1. The van der Waals surface area contributed by atoms with Gasteiger partial charge in [-0.15, -0.1) is 0 Å². The average Bonchev–Trinajstić information content (AvgIpc) is 2.25. The van der Waals surface area contributed by atoms with E-state index in [2.05, 4.69) is 11.3 Å². The number of nitro groups is 1. The minimum Gasteiger partial charge on any atom is -0.490 e. The lowest BCUT2D eigenvalue weighted by molar-refractivity contribution is -0.385. The normalized spacial score (nSPS) is 11.1. The summed E-state index contributed by atoms with van der Waals surface area (Å²) in [6, 6.07) is 2.96. The van der Waals surface area contributed by atoms with Gasteiger partial charge < -0.3 is 4.74 Å². The maximum absolute atomic E-state index is 12.3. The number of rotatable bonds is 3. The number of alkyl halides is 3. The Morgan fingerprint density at radius 2 is 2.06 bits per heavy atom. The van der Waals surface area contributed by atoms with Crippen molar-refractivity contribution in [3.8, 4) is 5.75 Å². The smallest absolute Gasteiger partial charge is 0.416 e. The fourth-order valence-electron chi connectivity index (χ4n) is 1.18. The van der Waals surface area contributed by atoms with Gasteiger partial charge in [0.2, 0.25) is 0 Å². The molecule has 0 aliphatic heterocycles. The van der Waals surface area contributed by atoms with E-state index in [1.165, 1.54) is 7.11 Å². The lowest BCUT2D eigenvalue weighted by Crippen LogP contribution is -2.09. The Labute approximate surface area is 94.5 Å². The van der Waals surface area contributed by atoms with Crippen molar-refractivity contribution in [2.24, 2.45) is 0 Å². The van der Waals surface area contributed by atoms with Crippen LogP contribution in [0.5, 0.6) is 5.75 Å². The number of methoxy groups -OCH3 is 1. The number of hydrogen-bond acceptors (Lipinski definition) is 3. The summed E-state index contributed by atoms with van der Waals surface area (Å²) in [5.41, 5.74) is -2.02. The number of hydrogen-bond donors (Lipinski definition) is 0. The summed E-state index contributed by atoms with van der Waals surface area (Å²) in [5, 5.41) is 10.6. The highest BCUT2D eigenvalue weighted by Gasteiger charge is 2.34. The molecule has 0 fully saturated rings. The molecule has 0 aliphatic carbocycles. The van der Waals surface area contributed by atoms with Crippen LogP contribution in [0.15, 0.2) is 24.8 Å². The molecule has 0 atom stereocenters. The average molecular weight is 247 g/mol. The van der Waals surface area contributed by atoms with Gasteiger partial charge in [-0.1, -0.05) is 12.6 Å². The fourth-order valence-corrected chi connectivity index (χ4v) is 1.18. The Bertz CT molecular complexity index is 468.